The molecule has 16 atom stereocenters. The van der Waals surface area contributed by atoms with Gasteiger partial charge in [0.05, 0.1) is 24.4 Å². The molecular weight excluding hydrogens is 835 g/mol. The van der Waals surface area contributed by atoms with Crippen molar-refractivity contribution in [3.63, 3.8) is 0 Å². The van der Waals surface area contributed by atoms with Gasteiger partial charge in [0.1, 0.15) is 30.1 Å². The summed E-state index contributed by atoms with van der Waals surface area (Å²) in [6.07, 6.45) is 9.72. The van der Waals surface area contributed by atoms with E-state index in [4.69, 9.17) is 23.7 Å². The predicted molar refractivity (Wildman–Crippen MR) is 246 cm³/mol. The van der Waals surface area contributed by atoms with E-state index in [2.05, 4.69) is 0 Å². The van der Waals surface area contributed by atoms with Gasteiger partial charge >= 0.3 is 5.97 Å². The third-order valence-corrected chi connectivity index (χ3v) is 14.7. The van der Waals surface area contributed by atoms with E-state index in [0.717, 1.165) is 12.0 Å². The summed E-state index contributed by atoms with van der Waals surface area (Å²) >= 11 is 0. The molecule has 3 aliphatic heterocycles. The minimum Gasteiger partial charge on any atom is -0.460 e. The van der Waals surface area contributed by atoms with Crippen molar-refractivity contribution in [1.82, 2.24) is 4.90 Å². The standard InChI is InChI=1S/C51H81NO13/c1-30-16-12-11-13-17-31(2)42(61-8)28-38-21-19-36(7)51(60,65-38)48(57)49(58)52-23-15-14-18-39(52)50(59)64-43(33(4)26-37-20-22-40(53)44(27-37)62-9)29-41(54)32(3)25-35(6)46(56)47(63-10)45(55)34(5)24-30/h11-13,16-17,25,30,32-34,36-40,42-44,46-48,53,56-57,60H,14-15,18-24,26-29H2,1-10H3/b13-11?,16-12+,31-17?,35-25+/t30-,32-,33-,34-,36-,37+,38?,39+,40-,42+,43+,44-,46-,47+,48-,51-/m1/s1. The molecule has 1 aliphatic carbocycles. The molecule has 4 rings (SSSR count). The lowest BCUT2D eigenvalue weighted by Crippen LogP contribution is -2.63. The molecule has 2 saturated heterocycles. The lowest BCUT2D eigenvalue weighted by Gasteiger charge is -2.46. The van der Waals surface area contributed by atoms with Gasteiger partial charge in [0, 0.05) is 58.5 Å². The highest BCUT2D eigenvalue weighted by Gasteiger charge is 2.53. The molecule has 368 valence electrons. The summed E-state index contributed by atoms with van der Waals surface area (Å²) in [6.45, 7) is 12.9. The zero-order chi connectivity index (χ0) is 48.2. The number of Topliss-reactive ketones (excluding diaryl/α,β-unsaturated/α-hetero) is 2. The number of piperidine rings is 1. The second-order valence-corrected chi connectivity index (χ2v) is 19.8. The van der Waals surface area contributed by atoms with E-state index in [-0.39, 0.29) is 60.9 Å². The largest absolute Gasteiger partial charge is 0.460 e. The molecule has 1 saturated carbocycles. The first kappa shape index (κ1) is 54.5. The Morgan fingerprint density at radius 3 is 2.25 bits per heavy atom. The van der Waals surface area contributed by atoms with E-state index < -0.39 is 78.1 Å². The van der Waals surface area contributed by atoms with Crippen molar-refractivity contribution in [3.05, 3.63) is 47.6 Å². The number of fused-ring (bicyclic) bond motifs is 3. The van der Waals surface area contributed by atoms with Gasteiger partial charge in [-0.25, -0.2) is 4.79 Å². The number of carbonyl (C=O) groups excluding carboxylic acids is 4. The number of ketones is 2. The average Bonchev–Trinajstić information content (AvgIpc) is 3.28. The van der Waals surface area contributed by atoms with Crippen LogP contribution in [-0.4, -0.2) is 137 Å². The maximum Gasteiger partial charge on any atom is 0.329 e. The molecule has 1 unspecified atom stereocenters. The van der Waals surface area contributed by atoms with Crippen LogP contribution in [0.15, 0.2) is 47.6 Å². The minimum absolute atomic E-state index is 0.0264. The van der Waals surface area contributed by atoms with Crippen LogP contribution < -0.4 is 0 Å². The lowest BCUT2D eigenvalue weighted by atomic mass is 9.78. The number of aliphatic hydroxyl groups is 4. The minimum atomic E-state index is -2.23. The summed E-state index contributed by atoms with van der Waals surface area (Å²) in [6, 6.07) is -1.08. The molecule has 0 radical (unpaired) electrons. The third-order valence-electron chi connectivity index (χ3n) is 14.7. The summed E-state index contributed by atoms with van der Waals surface area (Å²) in [7, 11) is 4.55. The van der Waals surface area contributed by atoms with Crippen LogP contribution in [0.4, 0.5) is 0 Å². The van der Waals surface area contributed by atoms with Crippen molar-refractivity contribution in [2.75, 3.05) is 27.9 Å². The molecule has 4 aliphatic rings. The van der Waals surface area contributed by atoms with Crippen LogP contribution in [0.3, 0.4) is 0 Å². The van der Waals surface area contributed by atoms with Gasteiger partial charge in [0.15, 0.2) is 11.9 Å². The molecule has 14 nitrogen and oxygen atoms in total. The molecule has 1 amide bonds. The summed E-state index contributed by atoms with van der Waals surface area (Å²) in [4.78, 5) is 57.8. The van der Waals surface area contributed by atoms with Crippen molar-refractivity contribution in [2.24, 2.45) is 35.5 Å². The normalized spacial score (nSPS) is 40.2. The number of rotatable bonds is 6. The molecule has 14 heteroatoms. The lowest BCUT2D eigenvalue weighted by molar-refractivity contribution is -0.317. The van der Waals surface area contributed by atoms with E-state index in [0.29, 0.717) is 63.4 Å². The van der Waals surface area contributed by atoms with Crippen molar-refractivity contribution < 1.29 is 63.3 Å². The number of nitrogens with zero attached hydrogens (tertiary/aromatic N) is 1. The molecule has 3 heterocycles. The van der Waals surface area contributed by atoms with Crippen LogP contribution in [0.1, 0.15) is 126 Å². The SMILES string of the molecule is CO[C@H]1CC2CC[C@@H](C)[C@@](O)(O2)[C@H](O)C(=O)N2CCCC[C@H]2C(=O)O[C@H]([C@H](C)C[C@@H]2CC[C@@H](O)[C@H](OC)C2)CC(=O)[C@H](C)/C=C(\C)[C@@H](O)[C@@H](OC)C(=O)[C@H](C)C[C@H](C)/C=C/C=CC=C1C. The van der Waals surface area contributed by atoms with Crippen LogP contribution in [0, 0.1) is 35.5 Å². The summed E-state index contributed by atoms with van der Waals surface area (Å²) in [5.41, 5.74) is 1.30. The van der Waals surface area contributed by atoms with Crippen molar-refractivity contribution >= 4 is 23.4 Å². The van der Waals surface area contributed by atoms with Crippen LogP contribution in [0.25, 0.3) is 0 Å². The van der Waals surface area contributed by atoms with Crippen molar-refractivity contribution in [3.8, 4) is 0 Å². The number of cyclic esters (lactones) is 1. The number of aliphatic hydroxyl groups excluding tert-OH is 3. The van der Waals surface area contributed by atoms with E-state index in [9.17, 15) is 39.6 Å². The molecule has 0 spiro atoms. The number of hydrogen-bond donors (Lipinski definition) is 4. The summed E-state index contributed by atoms with van der Waals surface area (Å²) in [5, 5.41) is 45.7. The maximum atomic E-state index is 14.4. The number of amides is 1. The fourth-order valence-corrected chi connectivity index (χ4v) is 10.3. The Labute approximate surface area is 387 Å². The number of esters is 1. The first-order valence-electron chi connectivity index (χ1n) is 24.1. The smallest absolute Gasteiger partial charge is 0.329 e. The van der Waals surface area contributed by atoms with Gasteiger partial charge in [-0.3, -0.25) is 14.4 Å². The van der Waals surface area contributed by atoms with Crippen LogP contribution >= 0.6 is 0 Å². The number of carbonyl (C=O) groups is 4. The Morgan fingerprint density at radius 2 is 1.57 bits per heavy atom. The van der Waals surface area contributed by atoms with Gasteiger partial charge in [-0.2, -0.15) is 0 Å². The highest BCUT2D eigenvalue weighted by atomic mass is 16.6. The van der Waals surface area contributed by atoms with Crippen molar-refractivity contribution in [1.29, 1.82) is 0 Å². The summed E-state index contributed by atoms with van der Waals surface area (Å²) < 4.78 is 29.5. The molecule has 65 heavy (non-hydrogen) atoms. The Balaban J connectivity index is 1.70. The highest BCUT2D eigenvalue weighted by Crippen LogP contribution is 2.39. The fraction of sp³-hybridized carbons (Fsp3) is 0.765. The highest BCUT2D eigenvalue weighted by molar-refractivity contribution is 5.89. The zero-order valence-corrected chi connectivity index (χ0v) is 40.7. The Bertz CT molecular complexity index is 1710. The first-order valence-corrected chi connectivity index (χ1v) is 24.1. The number of methoxy groups -OCH3 is 3. The second-order valence-electron chi connectivity index (χ2n) is 19.8. The predicted octanol–water partition coefficient (Wildman–Crippen LogP) is 5.97. The van der Waals surface area contributed by atoms with Gasteiger partial charge in [-0.05, 0) is 107 Å². The number of allylic oxidation sites excluding steroid dienone is 6. The van der Waals surface area contributed by atoms with E-state index >= 15 is 0 Å². The maximum absolute atomic E-state index is 14.4. The number of hydrogen-bond acceptors (Lipinski definition) is 13. The van der Waals surface area contributed by atoms with E-state index in [1.54, 1.807) is 41.1 Å². The van der Waals surface area contributed by atoms with E-state index in [1.807, 2.05) is 58.1 Å². The molecule has 0 aromatic rings. The van der Waals surface area contributed by atoms with Crippen molar-refractivity contribution in [2.45, 2.75) is 186 Å². The molecule has 0 aromatic heterocycles. The molecule has 0 aromatic carbocycles. The third kappa shape index (κ3) is 14.5. The molecule has 3 fully saturated rings. The quantitative estimate of drug-likeness (QED) is 0.180. The number of ether oxygens (including phenoxy) is 5. The monoisotopic (exact) mass is 916 g/mol. The van der Waals surface area contributed by atoms with Gasteiger partial charge in [-0.15, -0.1) is 0 Å². The topological polar surface area (TPSA) is 199 Å². The Hall–Kier alpha value is -3.08. The van der Waals surface area contributed by atoms with Crippen LogP contribution in [0.5, 0.6) is 0 Å². The second kappa shape index (κ2) is 25.3. The zero-order valence-electron chi connectivity index (χ0n) is 40.7. The van der Waals surface area contributed by atoms with Gasteiger partial charge in [-0.1, -0.05) is 71.1 Å². The fourth-order valence-electron chi connectivity index (χ4n) is 10.3. The Kier molecular flexibility index (Phi) is 21.3. The Morgan fingerprint density at radius 1 is 0.846 bits per heavy atom. The molecule has 2 bridgehead atoms. The van der Waals surface area contributed by atoms with Gasteiger partial charge in [0.2, 0.25) is 5.79 Å². The van der Waals surface area contributed by atoms with Crippen LogP contribution in [0.2, 0.25) is 0 Å². The average molecular weight is 916 g/mol. The molecule has 4 N–H and O–H groups in total. The van der Waals surface area contributed by atoms with Crippen LogP contribution in [-0.2, 0) is 42.9 Å². The summed E-state index contributed by atoms with van der Waals surface area (Å²) in [5.74, 6) is -6.22. The van der Waals surface area contributed by atoms with Gasteiger partial charge in [0.25, 0.3) is 5.91 Å². The van der Waals surface area contributed by atoms with Gasteiger partial charge < -0.3 is 49.0 Å². The van der Waals surface area contributed by atoms with E-state index in [1.165, 1.54) is 12.0 Å². The first-order chi connectivity index (χ1) is 30.7. The molecular formula is C51H81NO13.